The number of rotatable bonds is 20. The van der Waals surface area contributed by atoms with Crippen LogP contribution >= 0.6 is 12.2 Å². The fourth-order valence-electron chi connectivity index (χ4n) is 8.17. The summed E-state index contributed by atoms with van der Waals surface area (Å²) in [4.78, 5) is 30.3. The van der Waals surface area contributed by atoms with Gasteiger partial charge in [-0.1, -0.05) is 57.3 Å². The normalized spacial score (nSPS) is 12.4. The van der Waals surface area contributed by atoms with Crippen molar-refractivity contribution in [2.24, 2.45) is 20.0 Å². The second kappa shape index (κ2) is 22.0. The van der Waals surface area contributed by atoms with Gasteiger partial charge in [0.05, 0.1) is 26.4 Å². The van der Waals surface area contributed by atoms with Crippen LogP contribution in [-0.4, -0.2) is 65.1 Å². The summed E-state index contributed by atoms with van der Waals surface area (Å²) in [5.74, 6) is 1.42. The summed E-state index contributed by atoms with van der Waals surface area (Å²) in [6.07, 6.45) is 4.23. The number of aromatic nitrogens is 2. The van der Waals surface area contributed by atoms with Crippen molar-refractivity contribution in [3.63, 3.8) is 0 Å². The summed E-state index contributed by atoms with van der Waals surface area (Å²) >= 11 is 6.63. The van der Waals surface area contributed by atoms with Crippen LogP contribution in [-0.2, 0) is 46.4 Å². The lowest BCUT2D eigenvalue weighted by Gasteiger charge is -2.36. The molecule has 0 bridgehead atoms. The van der Waals surface area contributed by atoms with Gasteiger partial charge in [-0.25, -0.2) is 4.79 Å². The van der Waals surface area contributed by atoms with Crippen LogP contribution in [0, 0.1) is 5.92 Å². The lowest BCUT2D eigenvalue weighted by molar-refractivity contribution is -0.156. The van der Waals surface area contributed by atoms with Gasteiger partial charge in [-0.15, -0.1) is 0 Å². The molecule has 2 unspecified atom stereocenters. The quantitative estimate of drug-likeness (QED) is 0.0582. The molecule has 2 aromatic heterocycles. The van der Waals surface area contributed by atoms with E-state index in [4.69, 9.17) is 40.6 Å². The lowest BCUT2D eigenvalue weighted by atomic mass is 9.96. The number of hydrogen-bond acceptors (Lipinski definition) is 10. The molecule has 1 N–H and O–H groups in total. The smallest absolute Gasteiger partial charge is 0.329 e. The average molecular weight is 953 g/mol. The number of ether oxygens (including phenoxy) is 6. The van der Waals surface area contributed by atoms with Crippen LogP contribution in [0.2, 0.25) is 0 Å². The monoisotopic (exact) mass is 952 g/mol. The molecular weight excluding hydrogens is 889 g/mol. The Balaban J connectivity index is 1.25. The fourth-order valence-corrected chi connectivity index (χ4v) is 8.56. The minimum atomic E-state index is -0.953. The van der Waals surface area contributed by atoms with Gasteiger partial charge in [0.1, 0.15) is 59.4 Å². The second-order valence-electron chi connectivity index (χ2n) is 18.8. The molecule has 13 heteroatoms. The average Bonchev–Trinajstić information content (AvgIpc) is 3.90. The molecule has 0 saturated heterocycles. The van der Waals surface area contributed by atoms with Crippen molar-refractivity contribution in [1.29, 1.82) is 0 Å². The maximum absolute atomic E-state index is 14.8. The Kier molecular flexibility index (Phi) is 15.9. The molecule has 69 heavy (non-hydrogen) atoms. The molecular formula is C56H64N4O8S. The molecule has 0 aliphatic heterocycles. The van der Waals surface area contributed by atoms with E-state index in [2.05, 4.69) is 19.2 Å². The molecule has 0 fully saturated rings. The number of esters is 2. The van der Waals surface area contributed by atoms with Crippen LogP contribution in [0.5, 0.6) is 23.0 Å². The van der Waals surface area contributed by atoms with Gasteiger partial charge in [-0.3, -0.25) is 4.79 Å². The minimum Gasteiger partial charge on any atom is -0.497 e. The number of benzene rings is 5. The Hall–Kier alpha value is -6.99. The molecule has 2 atom stereocenters. The first-order chi connectivity index (χ1) is 33.0. The van der Waals surface area contributed by atoms with E-state index >= 15 is 0 Å². The first kappa shape index (κ1) is 49.9. The van der Waals surface area contributed by atoms with E-state index in [0.29, 0.717) is 34.3 Å². The number of carbonyl (C=O) groups is 2. The Labute approximate surface area is 411 Å². The highest BCUT2D eigenvalue weighted by Crippen LogP contribution is 2.39. The minimum absolute atomic E-state index is 0.00858. The van der Waals surface area contributed by atoms with Crippen molar-refractivity contribution in [2.45, 2.75) is 78.7 Å². The number of anilines is 2. The summed E-state index contributed by atoms with van der Waals surface area (Å²) in [6.45, 7) is 12.3. The predicted molar refractivity (Wildman–Crippen MR) is 278 cm³/mol. The van der Waals surface area contributed by atoms with Crippen molar-refractivity contribution in [1.82, 2.24) is 9.13 Å². The summed E-state index contributed by atoms with van der Waals surface area (Å²) in [5.41, 5.74) is 6.17. The SMILES string of the molecule is COc1ccc(COc2cc(OCc3ccc(OC)cc3)c(C(C)C)cc2C(=S)N(c2ccc3c(ccn3C)c2)C(CC(C)COC(=O)CNc2ccc3c(ccn3C)c2)C(=O)OC(C)(C)C)cc1. The van der Waals surface area contributed by atoms with Gasteiger partial charge in [0.2, 0.25) is 0 Å². The molecule has 0 radical (unpaired) electrons. The molecule has 0 spiro atoms. The summed E-state index contributed by atoms with van der Waals surface area (Å²) in [7, 11) is 7.26. The van der Waals surface area contributed by atoms with Gasteiger partial charge in [0.15, 0.2) is 0 Å². The summed E-state index contributed by atoms with van der Waals surface area (Å²) in [5, 5.41) is 5.23. The van der Waals surface area contributed by atoms with E-state index in [1.165, 1.54) is 0 Å². The molecule has 362 valence electrons. The standard InChI is InChI=1S/C56H64N4O8S/c1-36(2)46-30-47(52(66-35-39-13-19-45(64-10)20-14-39)31-51(46)65-34-38-11-17-44(63-9)18-12-38)54(69)60(43-16-22-49-41(29-43)24-26-59(49)8)50(55(62)68-56(4,5)6)27-37(3)33-67-53(61)32-57-42-15-21-48-40(28-42)23-25-58(48)7/h11-26,28-31,36-37,50,57H,27,32-35H2,1-10H3. The second-order valence-corrected chi connectivity index (χ2v) is 19.2. The topological polar surface area (TPSA) is 115 Å². The van der Waals surface area contributed by atoms with E-state index in [0.717, 1.165) is 55.7 Å². The molecule has 0 aliphatic carbocycles. The largest absolute Gasteiger partial charge is 0.497 e. The zero-order chi connectivity index (χ0) is 49.4. The zero-order valence-corrected chi connectivity index (χ0v) is 42.1. The van der Waals surface area contributed by atoms with Crippen LogP contribution in [0.1, 0.15) is 76.1 Å². The third-order valence-electron chi connectivity index (χ3n) is 11.9. The number of methoxy groups -OCH3 is 2. The Bertz CT molecular complexity index is 2900. The number of hydrogen-bond donors (Lipinski definition) is 1. The van der Waals surface area contributed by atoms with Crippen molar-refractivity contribution >= 4 is 62.3 Å². The lowest BCUT2D eigenvalue weighted by Crippen LogP contribution is -2.48. The maximum Gasteiger partial charge on any atom is 0.329 e. The highest BCUT2D eigenvalue weighted by atomic mass is 32.1. The molecule has 0 amide bonds. The van der Waals surface area contributed by atoms with E-state index < -0.39 is 23.6 Å². The van der Waals surface area contributed by atoms with Crippen molar-refractivity contribution in [3.05, 3.63) is 144 Å². The highest BCUT2D eigenvalue weighted by molar-refractivity contribution is 7.81. The van der Waals surface area contributed by atoms with E-state index in [9.17, 15) is 9.59 Å². The first-order valence-corrected chi connectivity index (χ1v) is 23.7. The van der Waals surface area contributed by atoms with Crippen molar-refractivity contribution < 1.29 is 38.0 Å². The number of carbonyl (C=O) groups excluding carboxylic acids is 2. The van der Waals surface area contributed by atoms with Gasteiger partial charge >= 0.3 is 11.9 Å². The molecule has 7 aromatic rings. The van der Waals surface area contributed by atoms with Crippen LogP contribution in [0.15, 0.2) is 122 Å². The predicted octanol–water partition coefficient (Wildman–Crippen LogP) is 11.5. The van der Waals surface area contributed by atoms with Gasteiger partial charge in [0, 0.05) is 65.7 Å². The third-order valence-corrected chi connectivity index (χ3v) is 12.3. The molecule has 5 aromatic carbocycles. The summed E-state index contributed by atoms with van der Waals surface area (Å²) < 4.78 is 40.3. The fraction of sp³-hybridized carbons (Fsp3) is 0.339. The Morgan fingerprint density at radius 1 is 0.710 bits per heavy atom. The zero-order valence-electron chi connectivity index (χ0n) is 41.3. The van der Waals surface area contributed by atoms with Crippen molar-refractivity contribution in [3.8, 4) is 23.0 Å². The summed E-state index contributed by atoms with van der Waals surface area (Å²) in [6, 6.07) is 34.5. The maximum atomic E-state index is 14.8. The van der Waals surface area contributed by atoms with Gasteiger partial charge in [0.25, 0.3) is 0 Å². The van der Waals surface area contributed by atoms with Crippen molar-refractivity contribution in [2.75, 3.05) is 37.6 Å². The molecule has 0 saturated carbocycles. The Morgan fingerprint density at radius 2 is 1.28 bits per heavy atom. The van der Waals surface area contributed by atoms with Crippen LogP contribution < -0.4 is 29.2 Å². The number of thiocarbonyl (C=S) groups is 1. The van der Waals surface area contributed by atoms with Gasteiger partial charge in [-0.05, 0) is 135 Å². The van der Waals surface area contributed by atoms with E-state index in [-0.39, 0.29) is 38.0 Å². The number of nitrogens with zero attached hydrogens (tertiary/aromatic N) is 3. The number of nitrogens with one attached hydrogen (secondary N) is 1. The highest BCUT2D eigenvalue weighted by Gasteiger charge is 2.36. The van der Waals surface area contributed by atoms with Crippen LogP contribution in [0.3, 0.4) is 0 Å². The van der Waals surface area contributed by atoms with Crippen LogP contribution in [0.4, 0.5) is 11.4 Å². The first-order valence-electron chi connectivity index (χ1n) is 23.3. The molecule has 2 heterocycles. The van der Waals surface area contributed by atoms with E-state index in [1.54, 1.807) is 14.2 Å². The number of aryl methyl sites for hydroxylation is 2. The van der Waals surface area contributed by atoms with Gasteiger partial charge < -0.3 is 47.8 Å². The van der Waals surface area contributed by atoms with Crippen LogP contribution in [0.25, 0.3) is 21.8 Å². The number of fused-ring (bicyclic) bond motifs is 2. The van der Waals surface area contributed by atoms with Gasteiger partial charge in [-0.2, -0.15) is 0 Å². The molecule has 0 aliphatic rings. The Morgan fingerprint density at radius 3 is 1.84 bits per heavy atom. The third kappa shape index (κ3) is 12.6. The molecule has 7 rings (SSSR count). The molecule has 12 nitrogen and oxygen atoms in total. The van der Waals surface area contributed by atoms with E-state index in [1.807, 2.05) is 177 Å².